The fraction of sp³-hybridized carbons (Fsp3) is 0.222. The Balaban J connectivity index is 1.20. The van der Waals surface area contributed by atoms with Crippen LogP contribution in [0.1, 0.15) is 6.92 Å². The number of urea groups is 1. The maximum absolute atomic E-state index is 14.5. The Morgan fingerprint density at radius 2 is 1.69 bits per heavy atom. The van der Waals surface area contributed by atoms with E-state index in [1.807, 2.05) is 59.5 Å². The molecule has 0 spiro atoms. The minimum absolute atomic E-state index is 0.175. The number of rotatable bonds is 6. The molecule has 1 N–H and O–H groups in total. The minimum Gasteiger partial charge on any atom is -0.491 e. The van der Waals surface area contributed by atoms with Gasteiger partial charge in [0.05, 0.1) is 12.1 Å². The smallest absolute Gasteiger partial charge is 0.321 e. The van der Waals surface area contributed by atoms with Crippen LogP contribution in [0.3, 0.4) is 0 Å². The highest BCUT2D eigenvalue weighted by Crippen LogP contribution is 2.30. The van der Waals surface area contributed by atoms with E-state index in [-0.39, 0.29) is 11.8 Å². The molecule has 0 saturated carbocycles. The highest BCUT2D eigenvalue weighted by atomic mass is 19.1. The van der Waals surface area contributed by atoms with Crippen LogP contribution in [0.25, 0.3) is 10.9 Å². The quantitative estimate of drug-likeness (QED) is 0.397. The van der Waals surface area contributed by atoms with Gasteiger partial charge in [0.2, 0.25) is 0 Å². The van der Waals surface area contributed by atoms with Gasteiger partial charge in [-0.15, -0.1) is 0 Å². The molecule has 2 amide bonds. The molecule has 0 radical (unpaired) electrons. The summed E-state index contributed by atoms with van der Waals surface area (Å²) >= 11 is 0. The van der Waals surface area contributed by atoms with Crippen LogP contribution in [-0.4, -0.2) is 53.7 Å². The number of halogens is 1. The normalized spacial score (nSPS) is 13.5. The van der Waals surface area contributed by atoms with Crippen molar-refractivity contribution in [1.82, 2.24) is 14.9 Å². The number of fused-ring (bicyclic) bond motifs is 1. The van der Waals surface area contributed by atoms with Crippen molar-refractivity contribution in [3.63, 3.8) is 0 Å². The predicted molar refractivity (Wildman–Crippen MR) is 136 cm³/mol. The number of aromatic nitrogens is 2. The lowest BCUT2D eigenvalue weighted by molar-refractivity contribution is 0.208. The van der Waals surface area contributed by atoms with Crippen LogP contribution >= 0.6 is 0 Å². The summed E-state index contributed by atoms with van der Waals surface area (Å²) in [5, 5.41) is 3.56. The summed E-state index contributed by atoms with van der Waals surface area (Å²) in [6.45, 7) is 4.32. The Hall–Kier alpha value is -4.40. The van der Waals surface area contributed by atoms with Gasteiger partial charge in [0.1, 0.15) is 23.6 Å². The Kier molecular flexibility index (Phi) is 6.79. The molecule has 9 heteroatoms. The largest absolute Gasteiger partial charge is 0.491 e. The minimum atomic E-state index is -0.446. The summed E-state index contributed by atoms with van der Waals surface area (Å²) in [6.07, 6.45) is 1.47. The Labute approximate surface area is 208 Å². The molecule has 8 nitrogen and oxygen atoms in total. The van der Waals surface area contributed by atoms with E-state index in [0.29, 0.717) is 60.9 Å². The third-order valence-electron chi connectivity index (χ3n) is 5.92. The average Bonchev–Trinajstić information content (AvgIpc) is 2.91. The van der Waals surface area contributed by atoms with Crippen LogP contribution < -0.4 is 19.7 Å². The van der Waals surface area contributed by atoms with Gasteiger partial charge in [-0.2, -0.15) is 0 Å². The first-order chi connectivity index (χ1) is 17.6. The van der Waals surface area contributed by atoms with Crippen molar-refractivity contribution in [2.24, 2.45) is 0 Å². The maximum atomic E-state index is 14.5. The average molecular weight is 488 g/mol. The molecule has 1 fully saturated rings. The molecular weight excluding hydrogens is 461 g/mol. The second-order valence-corrected chi connectivity index (χ2v) is 8.27. The lowest BCUT2D eigenvalue weighted by Gasteiger charge is -2.35. The molecule has 1 aliphatic rings. The number of ether oxygens (including phenoxy) is 2. The molecule has 0 bridgehead atoms. The standard InChI is InChI=1S/C27H26FN5O3/c1-2-35-25-17-24-22(16-23(25)28)26(30-18-29-24)32-12-14-33(15-13-32)27(34)31-19-8-10-21(11-9-19)36-20-6-4-3-5-7-20/h3-11,16-18H,2,12-15H2,1H3,(H,31,34). The molecule has 0 unspecified atom stereocenters. The molecule has 184 valence electrons. The van der Waals surface area contributed by atoms with Crippen LogP contribution in [0, 0.1) is 5.82 Å². The SMILES string of the molecule is CCOc1cc2ncnc(N3CCN(C(=O)Nc4ccc(Oc5ccccc5)cc4)CC3)c2cc1F. The van der Waals surface area contributed by atoms with Gasteiger partial charge in [-0.05, 0) is 49.4 Å². The number of nitrogens with zero attached hydrogens (tertiary/aromatic N) is 4. The summed E-state index contributed by atoms with van der Waals surface area (Å²) in [5.41, 5.74) is 1.30. The first-order valence-electron chi connectivity index (χ1n) is 11.8. The van der Waals surface area contributed by atoms with Crippen LogP contribution in [0.4, 0.5) is 20.7 Å². The van der Waals surface area contributed by atoms with E-state index >= 15 is 0 Å². The monoisotopic (exact) mass is 487 g/mol. The van der Waals surface area contributed by atoms with Crippen molar-refractivity contribution >= 4 is 28.4 Å². The Bertz CT molecular complexity index is 1340. The summed E-state index contributed by atoms with van der Waals surface area (Å²) in [6, 6.07) is 19.6. The number of para-hydroxylation sites is 1. The van der Waals surface area contributed by atoms with Crippen molar-refractivity contribution in [2.45, 2.75) is 6.92 Å². The number of carbonyl (C=O) groups excluding carboxylic acids is 1. The first kappa shape index (κ1) is 23.3. The summed E-state index contributed by atoms with van der Waals surface area (Å²) < 4.78 is 25.6. The highest BCUT2D eigenvalue weighted by molar-refractivity contribution is 5.91. The van der Waals surface area contributed by atoms with Crippen LogP contribution in [0.2, 0.25) is 0 Å². The molecule has 2 heterocycles. The topological polar surface area (TPSA) is 79.8 Å². The zero-order valence-corrected chi connectivity index (χ0v) is 19.9. The fourth-order valence-electron chi connectivity index (χ4n) is 4.12. The number of hydrogen-bond donors (Lipinski definition) is 1. The van der Waals surface area contributed by atoms with E-state index in [1.54, 1.807) is 17.9 Å². The van der Waals surface area contributed by atoms with E-state index in [9.17, 15) is 9.18 Å². The lowest BCUT2D eigenvalue weighted by atomic mass is 10.2. The van der Waals surface area contributed by atoms with E-state index < -0.39 is 5.82 Å². The molecule has 1 saturated heterocycles. The first-order valence-corrected chi connectivity index (χ1v) is 11.8. The molecule has 1 aliphatic heterocycles. The van der Waals surface area contributed by atoms with E-state index in [0.717, 1.165) is 5.75 Å². The number of carbonyl (C=O) groups is 1. The van der Waals surface area contributed by atoms with Gasteiger partial charge in [0, 0.05) is 43.3 Å². The third-order valence-corrected chi connectivity index (χ3v) is 5.92. The zero-order valence-electron chi connectivity index (χ0n) is 19.9. The van der Waals surface area contributed by atoms with Crippen LogP contribution in [0.15, 0.2) is 73.1 Å². The van der Waals surface area contributed by atoms with Crippen molar-refractivity contribution in [1.29, 1.82) is 0 Å². The Morgan fingerprint density at radius 3 is 2.42 bits per heavy atom. The van der Waals surface area contributed by atoms with E-state index in [4.69, 9.17) is 9.47 Å². The van der Waals surface area contributed by atoms with Gasteiger partial charge >= 0.3 is 6.03 Å². The molecular formula is C27H26FN5O3. The van der Waals surface area contributed by atoms with Crippen LogP contribution in [-0.2, 0) is 0 Å². The fourth-order valence-corrected chi connectivity index (χ4v) is 4.12. The number of nitrogens with one attached hydrogen (secondary N) is 1. The van der Waals surface area contributed by atoms with Gasteiger partial charge in [-0.25, -0.2) is 19.2 Å². The molecule has 0 atom stereocenters. The highest BCUT2D eigenvalue weighted by Gasteiger charge is 2.24. The summed E-state index contributed by atoms with van der Waals surface area (Å²) in [4.78, 5) is 25.3. The van der Waals surface area contributed by atoms with Crippen molar-refractivity contribution in [2.75, 3.05) is 43.0 Å². The van der Waals surface area contributed by atoms with Gasteiger partial charge in [0.25, 0.3) is 0 Å². The lowest BCUT2D eigenvalue weighted by Crippen LogP contribution is -2.50. The predicted octanol–water partition coefficient (Wildman–Crippen LogP) is 5.31. The second-order valence-electron chi connectivity index (χ2n) is 8.27. The molecule has 1 aromatic heterocycles. The maximum Gasteiger partial charge on any atom is 0.321 e. The van der Waals surface area contributed by atoms with Crippen molar-refractivity contribution in [3.8, 4) is 17.2 Å². The number of anilines is 2. The molecule has 5 rings (SSSR count). The number of hydrogen-bond acceptors (Lipinski definition) is 6. The summed E-state index contributed by atoms with van der Waals surface area (Å²) in [5.74, 6) is 1.82. The van der Waals surface area contributed by atoms with E-state index in [1.165, 1.54) is 12.4 Å². The summed E-state index contributed by atoms with van der Waals surface area (Å²) in [7, 11) is 0. The van der Waals surface area contributed by atoms with E-state index in [2.05, 4.69) is 15.3 Å². The van der Waals surface area contributed by atoms with Gasteiger partial charge in [-0.1, -0.05) is 18.2 Å². The molecule has 0 aliphatic carbocycles. The van der Waals surface area contributed by atoms with Crippen molar-refractivity contribution < 1.29 is 18.7 Å². The number of piperazine rings is 1. The number of benzene rings is 3. The third kappa shape index (κ3) is 5.14. The van der Waals surface area contributed by atoms with Gasteiger partial charge < -0.3 is 24.6 Å². The Morgan fingerprint density at radius 1 is 0.972 bits per heavy atom. The zero-order chi connectivity index (χ0) is 24.9. The molecule has 3 aromatic carbocycles. The number of amides is 2. The molecule has 36 heavy (non-hydrogen) atoms. The van der Waals surface area contributed by atoms with Gasteiger partial charge in [-0.3, -0.25) is 0 Å². The van der Waals surface area contributed by atoms with Crippen molar-refractivity contribution in [3.05, 3.63) is 78.9 Å². The van der Waals surface area contributed by atoms with Gasteiger partial charge in [0.15, 0.2) is 11.6 Å². The second kappa shape index (κ2) is 10.5. The molecule has 4 aromatic rings. The van der Waals surface area contributed by atoms with Crippen LogP contribution in [0.5, 0.6) is 17.2 Å².